The van der Waals surface area contributed by atoms with Crippen molar-refractivity contribution in [2.75, 3.05) is 59.5 Å². The molecule has 4 amide bonds. The Balaban J connectivity index is 1.01. The van der Waals surface area contributed by atoms with Crippen molar-refractivity contribution in [2.45, 2.75) is 341 Å². The molecular weight excluding hydrogens is 1750 g/mol. The minimum absolute atomic E-state index is 0.794. The van der Waals surface area contributed by atoms with Gasteiger partial charge >= 0.3 is 10.4 Å². The van der Waals surface area contributed by atoms with Gasteiger partial charge in [0.25, 0.3) is 0 Å². The van der Waals surface area contributed by atoms with Gasteiger partial charge in [-0.15, -0.1) is 0 Å². The van der Waals surface area contributed by atoms with Crippen LogP contribution in [0.2, 0.25) is 0 Å². The van der Waals surface area contributed by atoms with E-state index in [0.29, 0.717) is 0 Å². The number of amides is 4. The lowest BCUT2D eigenvalue weighted by Gasteiger charge is -2.51. The summed E-state index contributed by atoms with van der Waals surface area (Å²) < 4.78 is 154. The molecule has 10 rings (SSSR count). The standard InChI is InChI=1S/C68H114N4O53S/c1-15-33(84)42(93)47(98)63(108-15)106-14-28-52(40(91)29(59(102)109-28)69-16(2)80)118-60-30(70-17(3)81)41(92)51(25(11-78)115-60)119-66-50(101)56(122-68-58(46(97)37(88)23(9-76)114-68)124-62-32(72-19(5)83)55(125-126(103,104)105)53(26(12-79)116-62)120-64-48(99)43(94)34(85)20(6-73)111-64)39(90)27(117-66)13-107-67-57(45(96)36(87)22(8-75)113-67)123-61-31(71-18(4)82)54(38(89)24(10-77)110-61)121-65-49(100)44(95)35(86)21(7-74)112-65/h15,20-68,73-79,84-102H,6-14H2,1-5H3,(H,69,80)(H,70,81)(H,71,82)(H,72,83)(H,103,104,105)/t15-,20+,21+,22+,23+,24+,25+,26+,27+,28+,29+,30+,31+,32-,33+,34-,35-,36+,37+,38+,39+,40+,41+,42+,43-,44-,45-,46-,47-,48+,49+,50-,51+,52+,53+,54+,55+,56-,57-,58-,59?,60-,61-,62-,63+,64-,65-,66-,67-,68+/m0/s1. The fourth-order valence-electron chi connectivity index (χ4n) is 16.0. The minimum atomic E-state index is -5.85. The summed E-state index contributed by atoms with van der Waals surface area (Å²) in [6.45, 7) is -5.68. The van der Waals surface area contributed by atoms with E-state index in [9.17, 15) is 165 Å². The maximum absolute atomic E-state index is 13.3. The predicted molar refractivity (Wildman–Crippen MR) is 385 cm³/mol. The Hall–Kier alpha value is -4.05. The van der Waals surface area contributed by atoms with Gasteiger partial charge in [0.15, 0.2) is 62.9 Å². The SMILES string of the molecule is CC(=O)N[C@@H]1[C@H](O[C@@H]2[C@@H](O[C@@H]3[C@H](O)[C@H](O[C@H]4[C@H](O)[C@@H](NC(C)=O)[C@H](O[C@H]5[C@H](O)[C@@H](NC(C)=O)C(O)O[C@@H]5CO[C@@H]5O[C@@H](C)[C@@H](O)[C@@H](O)[C@@H]5O)O[C@@H]4CO)O[C@H](CO[C@H]4O[C@H](CO)[C@@H](O)[C@H](O)[C@@H]4O[C@@H]4O[C@H](CO)[C@@H](O)[C@H](O[C@@H]5O[C@H](CO)[C@H](O)[C@H](O)[C@H]5O)[C@H]4NC(C)=O)[C@H]3O)O[C@H](CO)[C@@H](O)[C@@H]2O)O[C@H](CO)[C@@H](O[C@@H]2O[C@H](CO)[C@H](O)[C@H](O)[C@H]2O)[C@@H]1OS(=O)(=O)O. The molecule has 0 aromatic heterocycles. The van der Waals surface area contributed by atoms with Gasteiger partial charge in [-0.05, 0) is 6.92 Å². The molecule has 730 valence electrons. The maximum Gasteiger partial charge on any atom is 0.397 e. The molecule has 58 heteroatoms. The van der Waals surface area contributed by atoms with Crippen molar-refractivity contribution in [1.82, 2.24) is 21.3 Å². The summed E-state index contributed by atoms with van der Waals surface area (Å²) in [7, 11) is -5.85. The lowest BCUT2D eigenvalue weighted by Crippen LogP contribution is -2.71. The van der Waals surface area contributed by atoms with Crippen molar-refractivity contribution in [3.63, 3.8) is 0 Å². The third kappa shape index (κ3) is 23.5. The molecule has 0 bridgehead atoms. The van der Waals surface area contributed by atoms with E-state index in [1.165, 1.54) is 6.92 Å². The van der Waals surface area contributed by atoms with Crippen molar-refractivity contribution >= 4 is 34.0 Å². The van der Waals surface area contributed by atoms with Crippen molar-refractivity contribution in [3.05, 3.63) is 0 Å². The van der Waals surface area contributed by atoms with Crippen molar-refractivity contribution in [1.29, 1.82) is 0 Å². The van der Waals surface area contributed by atoms with E-state index in [1.54, 1.807) is 0 Å². The second kappa shape index (κ2) is 44.9. The Morgan fingerprint density at radius 1 is 0.262 bits per heavy atom. The Bertz CT molecular complexity index is 3570. The molecule has 10 aliphatic rings. The van der Waals surface area contributed by atoms with E-state index in [-0.39, 0.29) is 0 Å². The number of hydrogen-bond donors (Lipinski definition) is 31. The molecule has 31 N–H and O–H groups in total. The summed E-state index contributed by atoms with van der Waals surface area (Å²) in [5.41, 5.74) is 0. The zero-order valence-electron chi connectivity index (χ0n) is 67.3. The van der Waals surface area contributed by atoms with Crippen LogP contribution in [-0.2, 0) is 124 Å². The van der Waals surface area contributed by atoms with Crippen LogP contribution >= 0.6 is 0 Å². The van der Waals surface area contributed by atoms with E-state index in [2.05, 4.69) is 21.3 Å². The molecule has 0 aliphatic carbocycles. The summed E-state index contributed by atoms with van der Waals surface area (Å²) in [6, 6.07) is -8.12. The summed E-state index contributed by atoms with van der Waals surface area (Å²) in [6.07, 6.45) is -99.6. The third-order valence-electron chi connectivity index (χ3n) is 22.6. The molecule has 0 aromatic rings. The first-order valence-electron chi connectivity index (χ1n) is 39.7. The van der Waals surface area contributed by atoms with Crippen LogP contribution in [0, 0.1) is 0 Å². The monoisotopic (exact) mass is 1870 g/mol. The molecule has 126 heavy (non-hydrogen) atoms. The van der Waals surface area contributed by atoms with Gasteiger partial charge < -0.3 is 244 Å². The van der Waals surface area contributed by atoms with Gasteiger partial charge in [-0.2, -0.15) is 8.42 Å². The predicted octanol–water partition coefficient (Wildman–Crippen LogP) is -21.4. The zero-order valence-corrected chi connectivity index (χ0v) is 68.1. The number of carbonyl (C=O) groups is 4. The first kappa shape index (κ1) is 104. The molecule has 0 radical (unpaired) electrons. The van der Waals surface area contributed by atoms with E-state index in [1.807, 2.05) is 0 Å². The molecule has 0 aromatic carbocycles. The van der Waals surface area contributed by atoms with Gasteiger partial charge in [0.2, 0.25) is 23.6 Å². The molecule has 50 atom stereocenters. The molecule has 0 spiro atoms. The quantitative estimate of drug-likeness (QED) is 0.0271. The highest BCUT2D eigenvalue weighted by molar-refractivity contribution is 7.80. The van der Waals surface area contributed by atoms with E-state index in [4.69, 9.17) is 94.2 Å². The smallest absolute Gasteiger partial charge is 0.394 e. The van der Waals surface area contributed by atoms with Crippen molar-refractivity contribution in [3.8, 4) is 0 Å². The number of carbonyl (C=O) groups excluding carboxylic acids is 4. The van der Waals surface area contributed by atoms with Gasteiger partial charge in [0.1, 0.15) is 238 Å². The van der Waals surface area contributed by atoms with E-state index in [0.717, 1.165) is 27.7 Å². The van der Waals surface area contributed by atoms with Gasteiger partial charge in [-0.25, -0.2) is 4.18 Å². The minimum Gasteiger partial charge on any atom is -0.394 e. The average Bonchev–Trinajstić information content (AvgIpc) is 0.765. The molecular formula is C68H114N4O53S. The number of hydrogen-bond acceptors (Lipinski definition) is 52. The van der Waals surface area contributed by atoms with Crippen LogP contribution in [0.25, 0.3) is 0 Å². The molecule has 0 saturated carbocycles. The highest BCUT2D eigenvalue weighted by Gasteiger charge is 2.62. The summed E-state index contributed by atoms with van der Waals surface area (Å²) in [5, 5.41) is 299. The van der Waals surface area contributed by atoms with Crippen LogP contribution in [0.4, 0.5) is 0 Å². The third-order valence-corrected chi connectivity index (χ3v) is 23.1. The molecule has 10 saturated heterocycles. The Labute approximate surface area is 713 Å². The van der Waals surface area contributed by atoms with Gasteiger partial charge in [0.05, 0.1) is 65.6 Å². The molecule has 10 fully saturated rings. The van der Waals surface area contributed by atoms with Crippen LogP contribution in [0.1, 0.15) is 34.6 Å². The van der Waals surface area contributed by atoms with Crippen molar-refractivity contribution in [2.24, 2.45) is 0 Å². The second-order valence-electron chi connectivity index (χ2n) is 31.5. The van der Waals surface area contributed by atoms with Crippen LogP contribution in [0.15, 0.2) is 0 Å². The van der Waals surface area contributed by atoms with E-state index < -0.39 is 400 Å². The maximum atomic E-state index is 13.3. The molecule has 10 aliphatic heterocycles. The number of aliphatic hydroxyl groups is 26. The number of nitrogens with one attached hydrogen (secondary N) is 4. The summed E-state index contributed by atoms with van der Waals surface area (Å²) >= 11 is 0. The average molecular weight is 1870 g/mol. The molecule has 1 unspecified atom stereocenters. The van der Waals surface area contributed by atoms with Crippen LogP contribution in [0.5, 0.6) is 0 Å². The summed E-state index contributed by atoms with van der Waals surface area (Å²) in [5.74, 6) is -4.03. The van der Waals surface area contributed by atoms with Gasteiger partial charge in [0, 0.05) is 27.7 Å². The second-order valence-corrected chi connectivity index (χ2v) is 32.5. The highest BCUT2D eigenvalue weighted by atomic mass is 32.3. The van der Waals surface area contributed by atoms with Crippen molar-refractivity contribution < 1.29 is 259 Å². The number of ether oxygens (including phenoxy) is 19. The van der Waals surface area contributed by atoms with Gasteiger partial charge in [-0.1, -0.05) is 0 Å². The fourth-order valence-corrected chi connectivity index (χ4v) is 16.5. The van der Waals surface area contributed by atoms with E-state index >= 15 is 0 Å². The lowest BCUT2D eigenvalue weighted by molar-refractivity contribution is -0.398. The van der Waals surface area contributed by atoms with Crippen LogP contribution in [-0.4, -0.2) is 536 Å². The lowest BCUT2D eigenvalue weighted by atomic mass is 9.93. The first-order chi connectivity index (χ1) is 59.3. The highest BCUT2D eigenvalue weighted by Crippen LogP contribution is 2.41. The Morgan fingerprint density at radius 2 is 0.571 bits per heavy atom. The molecule has 10 heterocycles. The van der Waals surface area contributed by atoms with Gasteiger partial charge in [-0.3, -0.25) is 23.7 Å². The molecule has 57 nitrogen and oxygen atoms in total. The fraction of sp³-hybridized carbons (Fsp3) is 0.941. The normalized spacial score (nSPS) is 48.6. The van der Waals surface area contributed by atoms with Crippen LogP contribution < -0.4 is 21.3 Å². The Morgan fingerprint density at radius 3 is 1.06 bits per heavy atom. The topological polar surface area (TPSA) is 881 Å². The largest absolute Gasteiger partial charge is 0.397 e. The van der Waals surface area contributed by atoms with Crippen LogP contribution in [0.3, 0.4) is 0 Å². The first-order valence-corrected chi connectivity index (χ1v) is 41.0. The number of rotatable bonds is 33. The zero-order chi connectivity index (χ0) is 93.0. The number of aliphatic hydroxyl groups excluding tert-OH is 26. The summed E-state index contributed by atoms with van der Waals surface area (Å²) in [4.78, 5) is 52.1. The Kier molecular flexibility index (Phi) is 37.0.